The van der Waals surface area contributed by atoms with Gasteiger partial charge in [0.2, 0.25) is 5.91 Å². The molecular formula is C16H24N6O3. The fraction of sp³-hybridized carbons (Fsp3) is 0.562. The van der Waals surface area contributed by atoms with Gasteiger partial charge in [0.1, 0.15) is 18.4 Å². The second-order valence-corrected chi connectivity index (χ2v) is 6.02. The topological polar surface area (TPSA) is 99.1 Å². The van der Waals surface area contributed by atoms with Gasteiger partial charge in [0, 0.05) is 31.4 Å². The normalized spacial score (nSPS) is 12.2. The maximum Gasteiger partial charge on any atom is 0.307 e. The number of carbonyl (C=O) groups is 1. The van der Waals surface area contributed by atoms with E-state index in [1.54, 1.807) is 11.9 Å². The van der Waals surface area contributed by atoms with E-state index in [1.165, 1.54) is 10.9 Å². The second-order valence-electron chi connectivity index (χ2n) is 6.02. The Kier molecular flexibility index (Phi) is 5.55. The molecule has 136 valence electrons. The summed E-state index contributed by atoms with van der Waals surface area (Å²) < 4.78 is 3.28. The Morgan fingerprint density at radius 2 is 2.08 bits per heavy atom. The van der Waals surface area contributed by atoms with Crippen molar-refractivity contribution in [3.63, 3.8) is 0 Å². The Labute approximate surface area is 146 Å². The summed E-state index contributed by atoms with van der Waals surface area (Å²) in [6.45, 7) is 9.02. The molecule has 1 atom stereocenters. The zero-order valence-corrected chi connectivity index (χ0v) is 15.3. The third kappa shape index (κ3) is 3.70. The average Bonchev–Trinajstić information content (AvgIpc) is 3.15. The summed E-state index contributed by atoms with van der Waals surface area (Å²) in [4.78, 5) is 24.8. The standard InChI is InChI=1S/C16H24N6O3/c1-6-15(21-9-13(8-17-21)22(24)25)16(23)19(5)10-14-11(3)18-20(7-2)12(14)4/h8-9,15H,6-7,10H2,1-5H3. The van der Waals surface area contributed by atoms with Crippen LogP contribution >= 0.6 is 0 Å². The summed E-state index contributed by atoms with van der Waals surface area (Å²) in [6.07, 6.45) is 2.95. The van der Waals surface area contributed by atoms with Crippen molar-refractivity contribution in [2.75, 3.05) is 7.05 Å². The zero-order chi connectivity index (χ0) is 18.7. The fourth-order valence-corrected chi connectivity index (χ4v) is 2.91. The van der Waals surface area contributed by atoms with Crippen LogP contribution in [-0.2, 0) is 17.9 Å². The lowest BCUT2D eigenvalue weighted by Gasteiger charge is -2.23. The van der Waals surface area contributed by atoms with Gasteiger partial charge in [-0.2, -0.15) is 10.2 Å². The molecule has 0 radical (unpaired) electrons. The van der Waals surface area contributed by atoms with Crippen LogP contribution in [0.2, 0.25) is 0 Å². The van der Waals surface area contributed by atoms with Crippen LogP contribution in [0.15, 0.2) is 12.4 Å². The Morgan fingerprint density at radius 1 is 1.40 bits per heavy atom. The summed E-state index contributed by atoms with van der Waals surface area (Å²) in [5.41, 5.74) is 2.85. The Balaban J connectivity index is 2.19. The summed E-state index contributed by atoms with van der Waals surface area (Å²) in [5.74, 6) is -0.136. The van der Waals surface area contributed by atoms with Crippen LogP contribution in [0, 0.1) is 24.0 Å². The van der Waals surface area contributed by atoms with Gasteiger partial charge < -0.3 is 4.90 Å². The molecular weight excluding hydrogens is 324 g/mol. The van der Waals surface area contributed by atoms with E-state index in [9.17, 15) is 14.9 Å². The van der Waals surface area contributed by atoms with E-state index < -0.39 is 11.0 Å². The minimum absolute atomic E-state index is 0.121. The number of nitro groups is 1. The molecule has 9 nitrogen and oxygen atoms in total. The smallest absolute Gasteiger partial charge is 0.307 e. The van der Waals surface area contributed by atoms with Crippen molar-refractivity contribution >= 4 is 11.6 Å². The molecule has 0 saturated heterocycles. The molecule has 2 rings (SSSR count). The van der Waals surface area contributed by atoms with Crippen LogP contribution < -0.4 is 0 Å². The third-order valence-electron chi connectivity index (χ3n) is 4.39. The van der Waals surface area contributed by atoms with Crippen LogP contribution in [0.1, 0.15) is 43.3 Å². The summed E-state index contributed by atoms with van der Waals surface area (Å²) in [5, 5.41) is 19.3. The molecule has 2 heterocycles. The fourth-order valence-electron chi connectivity index (χ4n) is 2.91. The Bertz CT molecular complexity index is 779. The number of hydrogen-bond acceptors (Lipinski definition) is 5. The highest BCUT2D eigenvalue weighted by Crippen LogP contribution is 2.20. The third-order valence-corrected chi connectivity index (χ3v) is 4.39. The molecule has 1 amide bonds. The number of hydrogen-bond donors (Lipinski definition) is 0. The lowest BCUT2D eigenvalue weighted by molar-refractivity contribution is -0.385. The molecule has 0 bridgehead atoms. The van der Waals surface area contributed by atoms with Crippen LogP contribution in [0.5, 0.6) is 0 Å². The van der Waals surface area contributed by atoms with Crippen molar-refractivity contribution < 1.29 is 9.72 Å². The monoisotopic (exact) mass is 348 g/mol. The Hall–Kier alpha value is -2.71. The summed E-state index contributed by atoms with van der Waals surface area (Å²) >= 11 is 0. The van der Waals surface area contributed by atoms with Gasteiger partial charge in [-0.25, -0.2) is 0 Å². The maximum atomic E-state index is 12.8. The molecule has 0 aliphatic heterocycles. The highest BCUT2D eigenvalue weighted by molar-refractivity contribution is 5.80. The molecule has 0 N–H and O–H groups in total. The zero-order valence-electron chi connectivity index (χ0n) is 15.3. The number of aryl methyl sites for hydroxylation is 2. The number of likely N-dealkylation sites (N-methyl/N-ethyl adjacent to an activating group) is 1. The van der Waals surface area contributed by atoms with Crippen molar-refractivity contribution in [1.29, 1.82) is 0 Å². The van der Waals surface area contributed by atoms with E-state index in [-0.39, 0.29) is 11.6 Å². The van der Waals surface area contributed by atoms with Crippen LogP contribution in [0.3, 0.4) is 0 Å². The molecule has 25 heavy (non-hydrogen) atoms. The Morgan fingerprint density at radius 3 is 2.56 bits per heavy atom. The first kappa shape index (κ1) is 18.6. The number of rotatable bonds is 7. The van der Waals surface area contributed by atoms with E-state index in [1.807, 2.05) is 32.4 Å². The first-order valence-electron chi connectivity index (χ1n) is 8.26. The number of nitrogens with zero attached hydrogens (tertiary/aromatic N) is 6. The first-order valence-corrected chi connectivity index (χ1v) is 8.26. The SMILES string of the molecule is CCC(C(=O)N(C)Cc1c(C)nn(CC)c1C)n1cc([N+](=O)[O-])cn1. The summed E-state index contributed by atoms with van der Waals surface area (Å²) in [6, 6.07) is -0.569. The van der Waals surface area contributed by atoms with Crippen molar-refractivity contribution in [3.8, 4) is 0 Å². The van der Waals surface area contributed by atoms with Gasteiger partial charge in [0.25, 0.3) is 0 Å². The maximum absolute atomic E-state index is 12.8. The van der Waals surface area contributed by atoms with Gasteiger partial charge >= 0.3 is 5.69 Å². The van der Waals surface area contributed by atoms with Crippen molar-refractivity contribution in [3.05, 3.63) is 39.5 Å². The molecule has 2 aromatic rings. The second kappa shape index (κ2) is 7.45. The number of aromatic nitrogens is 4. The largest absolute Gasteiger partial charge is 0.339 e. The molecule has 0 spiro atoms. The van der Waals surface area contributed by atoms with Crippen LogP contribution in [-0.4, -0.2) is 42.3 Å². The molecule has 0 saturated carbocycles. The first-order chi connectivity index (χ1) is 11.8. The van der Waals surface area contributed by atoms with E-state index >= 15 is 0 Å². The van der Waals surface area contributed by atoms with E-state index in [0.717, 1.165) is 29.7 Å². The van der Waals surface area contributed by atoms with Crippen LogP contribution in [0.25, 0.3) is 0 Å². The van der Waals surface area contributed by atoms with Gasteiger partial charge in [-0.3, -0.25) is 24.3 Å². The number of amides is 1. The van der Waals surface area contributed by atoms with Gasteiger partial charge in [0.15, 0.2) is 0 Å². The van der Waals surface area contributed by atoms with Crippen molar-refractivity contribution in [2.24, 2.45) is 0 Å². The van der Waals surface area contributed by atoms with Gasteiger partial charge in [-0.05, 0) is 27.2 Å². The highest BCUT2D eigenvalue weighted by Gasteiger charge is 2.26. The highest BCUT2D eigenvalue weighted by atomic mass is 16.6. The van der Waals surface area contributed by atoms with E-state index in [2.05, 4.69) is 10.2 Å². The molecule has 1 unspecified atom stereocenters. The lowest BCUT2D eigenvalue weighted by atomic mass is 10.1. The van der Waals surface area contributed by atoms with E-state index in [0.29, 0.717) is 13.0 Å². The van der Waals surface area contributed by atoms with Crippen LogP contribution in [0.4, 0.5) is 5.69 Å². The predicted octanol–water partition coefficient (Wildman–Crippen LogP) is 2.23. The summed E-state index contributed by atoms with van der Waals surface area (Å²) in [7, 11) is 1.73. The number of carbonyl (C=O) groups excluding carboxylic acids is 1. The molecule has 0 aromatic carbocycles. The average molecular weight is 348 g/mol. The minimum Gasteiger partial charge on any atom is -0.339 e. The minimum atomic E-state index is -0.569. The molecule has 0 fully saturated rings. The lowest BCUT2D eigenvalue weighted by Crippen LogP contribution is -2.34. The quantitative estimate of drug-likeness (QED) is 0.564. The van der Waals surface area contributed by atoms with E-state index in [4.69, 9.17) is 0 Å². The molecule has 0 aliphatic rings. The molecule has 2 aromatic heterocycles. The van der Waals surface area contributed by atoms with Gasteiger partial charge in [0.05, 0.1) is 10.6 Å². The van der Waals surface area contributed by atoms with Gasteiger partial charge in [-0.1, -0.05) is 6.92 Å². The predicted molar refractivity (Wildman–Crippen MR) is 92.1 cm³/mol. The molecule has 0 aliphatic carbocycles. The van der Waals surface area contributed by atoms with Crippen molar-refractivity contribution in [1.82, 2.24) is 24.5 Å². The van der Waals surface area contributed by atoms with Crippen molar-refractivity contribution in [2.45, 2.75) is 53.2 Å². The van der Waals surface area contributed by atoms with Gasteiger partial charge in [-0.15, -0.1) is 0 Å². The molecule has 9 heteroatoms.